The molecule has 7 heteroatoms. The van der Waals surface area contributed by atoms with Crippen LogP contribution >= 0.6 is 11.3 Å². The lowest BCUT2D eigenvalue weighted by molar-refractivity contribution is 0.190. The molecule has 0 saturated carbocycles. The van der Waals surface area contributed by atoms with Crippen molar-refractivity contribution in [3.8, 4) is 10.8 Å². The van der Waals surface area contributed by atoms with Crippen molar-refractivity contribution in [2.45, 2.75) is 26.3 Å². The molecule has 6 nitrogen and oxygen atoms in total. The lowest BCUT2D eigenvalue weighted by Gasteiger charge is -2.30. The van der Waals surface area contributed by atoms with Gasteiger partial charge in [-0.15, -0.1) is 11.3 Å². The minimum Gasteiger partial charge on any atom is -0.333 e. The zero-order valence-electron chi connectivity index (χ0n) is 12.0. The van der Waals surface area contributed by atoms with Gasteiger partial charge in [0.2, 0.25) is 0 Å². The number of rotatable bonds is 3. The molecular weight excluding hydrogens is 274 g/mol. The molecule has 3 rings (SSSR count). The molecule has 1 saturated heterocycles. The molecule has 3 heterocycles. The van der Waals surface area contributed by atoms with Crippen LogP contribution in [0.3, 0.4) is 0 Å². The summed E-state index contributed by atoms with van der Waals surface area (Å²) in [5.41, 5.74) is 0.970. The monoisotopic (exact) mass is 293 g/mol. The van der Waals surface area contributed by atoms with Gasteiger partial charge in [0.1, 0.15) is 4.88 Å². The van der Waals surface area contributed by atoms with E-state index < -0.39 is 0 Å². The maximum absolute atomic E-state index is 5.45. The number of piperazine rings is 1. The molecule has 1 aliphatic heterocycles. The van der Waals surface area contributed by atoms with E-state index in [4.69, 9.17) is 4.52 Å². The van der Waals surface area contributed by atoms with Crippen molar-refractivity contribution in [3.05, 3.63) is 16.5 Å². The SMILES string of the molecule is CCc1nc(C)c(-c2nc(C3CNCCN3C)no2)s1. The molecule has 0 bridgehead atoms. The summed E-state index contributed by atoms with van der Waals surface area (Å²) in [6, 6.07) is 0.181. The molecule has 2 aromatic heterocycles. The second-order valence-corrected chi connectivity index (χ2v) is 6.12. The number of nitrogens with one attached hydrogen (secondary N) is 1. The molecule has 1 aliphatic rings. The molecule has 0 spiro atoms. The summed E-state index contributed by atoms with van der Waals surface area (Å²) in [6.45, 7) is 6.95. The molecule has 0 aromatic carbocycles. The van der Waals surface area contributed by atoms with Gasteiger partial charge in [0.05, 0.1) is 16.7 Å². The molecule has 108 valence electrons. The highest BCUT2D eigenvalue weighted by Crippen LogP contribution is 2.30. The van der Waals surface area contributed by atoms with Gasteiger partial charge in [-0.1, -0.05) is 12.1 Å². The van der Waals surface area contributed by atoms with Crippen LogP contribution in [0.1, 0.15) is 29.5 Å². The van der Waals surface area contributed by atoms with Gasteiger partial charge in [0.15, 0.2) is 5.82 Å². The molecule has 1 fully saturated rings. The van der Waals surface area contributed by atoms with E-state index >= 15 is 0 Å². The van der Waals surface area contributed by atoms with E-state index in [-0.39, 0.29) is 6.04 Å². The Morgan fingerprint density at radius 2 is 2.30 bits per heavy atom. The third kappa shape index (κ3) is 2.48. The Morgan fingerprint density at radius 1 is 1.45 bits per heavy atom. The van der Waals surface area contributed by atoms with Crippen LogP contribution < -0.4 is 5.32 Å². The molecule has 1 unspecified atom stereocenters. The van der Waals surface area contributed by atoms with Gasteiger partial charge in [-0.25, -0.2) is 4.98 Å². The van der Waals surface area contributed by atoms with E-state index in [0.717, 1.165) is 47.5 Å². The molecular formula is C13H19N5OS. The molecule has 0 aliphatic carbocycles. The number of thiazole rings is 1. The predicted octanol–water partition coefficient (Wildman–Crippen LogP) is 1.64. The summed E-state index contributed by atoms with van der Waals surface area (Å²) < 4.78 is 5.45. The van der Waals surface area contributed by atoms with Crippen LogP contribution in [0.4, 0.5) is 0 Å². The Morgan fingerprint density at radius 3 is 3.00 bits per heavy atom. The lowest BCUT2D eigenvalue weighted by Crippen LogP contribution is -2.44. The van der Waals surface area contributed by atoms with Crippen molar-refractivity contribution in [1.29, 1.82) is 0 Å². The van der Waals surface area contributed by atoms with Gasteiger partial charge in [0, 0.05) is 19.6 Å². The first-order valence-corrected chi connectivity index (χ1v) is 7.72. The Labute approximate surface area is 122 Å². The summed E-state index contributed by atoms with van der Waals surface area (Å²) >= 11 is 1.64. The van der Waals surface area contributed by atoms with E-state index in [0.29, 0.717) is 5.89 Å². The Kier molecular flexibility index (Phi) is 3.82. The zero-order chi connectivity index (χ0) is 14.1. The maximum Gasteiger partial charge on any atom is 0.269 e. The smallest absolute Gasteiger partial charge is 0.269 e. The minimum absolute atomic E-state index is 0.181. The summed E-state index contributed by atoms with van der Waals surface area (Å²) in [4.78, 5) is 12.3. The van der Waals surface area contributed by atoms with E-state index in [9.17, 15) is 0 Å². The maximum atomic E-state index is 5.45. The van der Waals surface area contributed by atoms with Crippen LogP contribution in [0, 0.1) is 6.92 Å². The largest absolute Gasteiger partial charge is 0.333 e. The van der Waals surface area contributed by atoms with E-state index in [2.05, 4.69) is 39.3 Å². The van der Waals surface area contributed by atoms with Crippen molar-refractivity contribution < 1.29 is 4.52 Å². The van der Waals surface area contributed by atoms with E-state index in [1.165, 1.54) is 0 Å². The normalized spacial score (nSPS) is 20.4. The second-order valence-electron chi connectivity index (χ2n) is 5.03. The van der Waals surface area contributed by atoms with Gasteiger partial charge in [-0.05, 0) is 20.4 Å². The fourth-order valence-electron chi connectivity index (χ4n) is 2.36. The number of likely N-dealkylation sites (N-methyl/N-ethyl adjacent to an activating group) is 1. The topological polar surface area (TPSA) is 67.1 Å². The third-order valence-corrected chi connectivity index (χ3v) is 4.88. The van der Waals surface area contributed by atoms with Crippen molar-refractivity contribution in [2.75, 3.05) is 26.7 Å². The summed E-state index contributed by atoms with van der Waals surface area (Å²) in [7, 11) is 2.09. The number of hydrogen-bond acceptors (Lipinski definition) is 7. The summed E-state index contributed by atoms with van der Waals surface area (Å²) in [5.74, 6) is 1.34. The Balaban J connectivity index is 1.87. The van der Waals surface area contributed by atoms with Crippen LogP contribution in [-0.4, -0.2) is 46.7 Å². The average Bonchev–Trinajstić information content (AvgIpc) is 3.05. The van der Waals surface area contributed by atoms with Crippen LogP contribution in [0.25, 0.3) is 10.8 Å². The quantitative estimate of drug-likeness (QED) is 0.928. The first-order valence-electron chi connectivity index (χ1n) is 6.90. The summed E-state index contributed by atoms with van der Waals surface area (Å²) in [6.07, 6.45) is 0.932. The molecule has 1 atom stereocenters. The predicted molar refractivity (Wildman–Crippen MR) is 77.8 cm³/mol. The number of aromatic nitrogens is 3. The zero-order valence-corrected chi connectivity index (χ0v) is 12.8. The fourth-order valence-corrected chi connectivity index (χ4v) is 3.28. The lowest BCUT2D eigenvalue weighted by atomic mass is 10.2. The van der Waals surface area contributed by atoms with Gasteiger partial charge in [-0.3, -0.25) is 4.90 Å². The molecule has 20 heavy (non-hydrogen) atoms. The van der Waals surface area contributed by atoms with Gasteiger partial charge in [0.25, 0.3) is 5.89 Å². The molecule has 1 N–H and O–H groups in total. The van der Waals surface area contributed by atoms with E-state index in [1.54, 1.807) is 11.3 Å². The van der Waals surface area contributed by atoms with Crippen molar-refractivity contribution in [2.24, 2.45) is 0 Å². The van der Waals surface area contributed by atoms with Gasteiger partial charge in [-0.2, -0.15) is 4.98 Å². The van der Waals surface area contributed by atoms with Crippen LogP contribution in [-0.2, 0) is 6.42 Å². The Hall–Kier alpha value is -1.31. The summed E-state index contributed by atoms with van der Waals surface area (Å²) in [5, 5.41) is 8.62. The molecule has 0 amide bonds. The van der Waals surface area contributed by atoms with Crippen molar-refractivity contribution in [1.82, 2.24) is 25.3 Å². The van der Waals surface area contributed by atoms with Crippen LogP contribution in [0.5, 0.6) is 0 Å². The van der Waals surface area contributed by atoms with Crippen molar-refractivity contribution in [3.63, 3.8) is 0 Å². The standard InChI is InChI=1S/C13H19N5OS/c1-4-10-15-8(2)11(20-10)13-16-12(17-19-13)9-7-14-5-6-18(9)3/h9,14H,4-7H2,1-3H3. The van der Waals surface area contributed by atoms with Gasteiger partial charge < -0.3 is 9.84 Å². The van der Waals surface area contributed by atoms with E-state index in [1.807, 2.05) is 6.92 Å². The first-order chi connectivity index (χ1) is 9.69. The highest BCUT2D eigenvalue weighted by Gasteiger charge is 2.26. The van der Waals surface area contributed by atoms with Crippen molar-refractivity contribution >= 4 is 11.3 Å². The molecule has 0 radical (unpaired) electrons. The van der Waals surface area contributed by atoms with Crippen LogP contribution in [0.15, 0.2) is 4.52 Å². The number of hydrogen-bond donors (Lipinski definition) is 1. The highest BCUT2D eigenvalue weighted by atomic mass is 32.1. The highest BCUT2D eigenvalue weighted by molar-refractivity contribution is 7.15. The first kappa shape index (κ1) is 13.7. The van der Waals surface area contributed by atoms with Gasteiger partial charge >= 0.3 is 0 Å². The minimum atomic E-state index is 0.181. The second kappa shape index (κ2) is 5.59. The van der Waals surface area contributed by atoms with Crippen LogP contribution in [0.2, 0.25) is 0 Å². The average molecular weight is 293 g/mol. The fraction of sp³-hybridized carbons (Fsp3) is 0.615. The Bertz CT molecular complexity index is 593. The molecule has 2 aromatic rings. The number of nitrogens with zero attached hydrogens (tertiary/aromatic N) is 4. The number of aryl methyl sites for hydroxylation is 2. The third-order valence-electron chi connectivity index (χ3n) is 3.59.